The number of guanidine groups is 1. The zero-order valence-corrected chi connectivity index (χ0v) is 20.6. The molecule has 1 aliphatic rings. The molecule has 0 radical (unpaired) electrons. The smallest absolute Gasteiger partial charge is 0.344 e. The predicted octanol–water partition coefficient (Wildman–Crippen LogP) is 1.95. The van der Waals surface area contributed by atoms with E-state index in [-0.39, 0.29) is 5.96 Å². The van der Waals surface area contributed by atoms with Crippen LogP contribution in [0.4, 0.5) is 10.7 Å². The van der Waals surface area contributed by atoms with Crippen molar-refractivity contribution in [2.45, 2.75) is 13.1 Å². The molecule has 1 fully saturated rings. The van der Waals surface area contributed by atoms with Crippen LogP contribution in [0.15, 0.2) is 65.9 Å². The van der Waals surface area contributed by atoms with E-state index in [0.29, 0.717) is 25.6 Å². The minimum absolute atomic E-state index is 0.279. The summed E-state index contributed by atoms with van der Waals surface area (Å²) < 4.78 is 11.2. The third kappa shape index (κ3) is 8.44. The van der Waals surface area contributed by atoms with Crippen molar-refractivity contribution in [3.63, 3.8) is 0 Å². The molecule has 194 valence electrons. The molecule has 0 saturated carbocycles. The third-order valence-electron chi connectivity index (χ3n) is 5.74. The summed E-state index contributed by atoms with van der Waals surface area (Å²) in [4.78, 5) is 26.3. The number of nitrogens with two attached hydrogens (primary N) is 2. The summed E-state index contributed by atoms with van der Waals surface area (Å²) in [7, 11) is 0. The van der Waals surface area contributed by atoms with Crippen molar-refractivity contribution in [3.8, 4) is 16.9 Å². The van der Waals surface area contributed by atoms with Gasteiger partial charge in [-0.25, -0.2) is 14.8 Å². The molecule has 0 atom stereocenters. The number of aliphatic imine (C=N–C) groups is 1. The van der Waals surface area contributed by atoms with Gasteiger partial charge in [-0.05, 0) is 34.9 Å². The second-order valence-corrected chi connectivity index (χ2v) is 8.49. The molecular weight excluding hydrogens is 472 g/mol. The molecule has 1 saturated heterocycles. The van der Waals surface area contributed by atoms with Crippen LogP contribution in [-0.2, 0) is 17.8 Å². The maximum Gasteiger partial charge on any atom is 0.344 e. The van der Waals surface area contributed by atoms with Gasteiger partial charge in [-0.2, -0.15) is 4.99 Å². The lowest BCUT2D eigenvalue weighted by Crippen LogP contribution is -2.38. The van der Waals surface area contributed by atoms with E-state index in [1.54, 1.807) is 12.4 Å². The fourth-order valence-electron chi connectivity index (χ4n) is 3.77. The number of rotatable bonds is 10. The van der Waals surface area contributed by atoms with Gasteiger partial charge in [0.15, 0.2) is 5.96 Å². The van der Waals surface area contributed by atoms with Crippen LogP contribution in [0.1, 0.15) is 11.1 Å². The van der Waals surface area contributed by atoms with Gasteiger partial charge in [0.1, 0.15) is 12.4 Å². The molecule has 2 aromatic carbocycles. The van der Waals surface area contributed by atoms with Crippen LogP contribution in [0.3, 0.4) is 0 Å². The molecular formula is C26H32N8O3. The molecule has 2 heterocycles. The number of ether oxygens (including phenoxy) is 2. The summed E-state index contributed by atoms with van der Waals surface area (Å²) in [6, 6.07) is 15.1. The van der Waals surface area contributed by atoms with Gasteiger partial charge in [-0.1, -0.05) is 30.3 Å². The lowest BCUT2D eigenvalue weighted by molar-refractivity contribution is 0.0322. The SMILES string of the molecule is NC(N)=NC(=O)NCc1cccc(-c2cnc(NCc3ccc(OCCN4CCOCC4)cc3)nc2)c1. The van der Waals surface area contributed by atoms with Crippen LogP contribution in [-0.4, -0.2) is 66.3 Å². The number of carbonyl (C=O) groups is 1. The van der Waals surface area contributed by atoms with Gasteiger partial charge in [0.25, 0.3) is 0 Å². The second kappa shape index (κ2) is 13.2. The summed E-state index contributed by atoms with van der Waals surface area (Å²) in [5.41, 5.74) is 14.2. The van der Waals surface area contributed by atoms with Gasteiger partial charge in [0.05, 0.1) is 13.2 Å². The fourth-order valence-corrected chi connectivity index (χ4v) is 3.77. The van der Waals surface area contributed by atoms with Gasteiger partial charge in [0.2, 0.25) is 5.95 Å². The van der Waals surface area contributed by atoms with Crippen molar-refractivity contribution in [2.24, 2.45) is 16.5 Å². The zero-order valence-electron chi connectivity index (χ0n) is 20.6. The van der Waals surface area contributed by atoms with E-state index < -0.39 is 6.03 Å². The molecule has 1 aliphatic heterocycles. The van der Waals surface area contributed by atoms with Gasteiger partial charge >= 0.3 is 6.03 Å². The van der Waals surface area contributed by atoms with E-state index in [9.17, 15) is 4.79 Å². The fraction of sp³-hybridized carbons (Fsp3) is 0.308. The van der Waals surface area contributed by atoms with Crippen LogP contribution < -0.4 is 26.8 Å². The Labute approximate surface area is 215 Å². The van der Waals surface area contributed by atoms with E-state index in [1.165, 1.54) is 0 Å². The van der Waals surface area contributed by atoms with E-state index in [1.807, 2.05) is 48.5 Å². The van der Waals surface area contributed by atoms with Crippen LogP contribution in [0.25, 0.3) is 11.1 Å². The quantitative estimate of drug-likeness (QED) is 0.240. The zero-order chi connectivity index (χ0) is 25.9. The van der Waals surface area contributed by atoms with E-state index >= 15 is 0 Å². The van der Waals surface area contributed by atoms with Crippen LogP contribution in [0.2, 0.25) is 0 Å². The Balaban J connectivity index is 1.23. The van der Waals surface area contributed by atoms with E-state index in [2.05, 4.69) is 30.5 Å². The van der Waals surface area contributed by atoms with Crippen molar-refractivity contribution in [1.29, 1.82) is 0 Å². The van der Waals surface area contributed by atoms with Crippen LogP contribution in [0, 0.1) is 0 Å². The van der Waals surface area contributed by atoms with Crippen LogP contribution >= 0.6 is 0 Å². The molecule has 11 nitrogen and oxygen atoms in total. The molecule has 6 N–H and O–H groups in total. The van der Waals surface area contributed by atoms with E-state index in [0.717, 1.165) is 60.9 Å². The number of nitrogens with one attached hydrogen (secondary N) is 2. The summed E-state index contributed by atoms with van der Waals surface area (Å²) >= 11 is 0. The summed E-state index contributed by atoms with van der Waals surface area (Å²) in [5, 5.41) is 5.88. The Bertz CT molecular complexity index is 1180. The maximum atomic E-state index is 11.6. The number of urea groups is 1. The Morgan fingerprint density at radius 3 is 2.49 bits per heavy atom. The highest BCUT2D eigenvalue weighted by Crippen LogP contribution is 2.20. The highest BCUT2D eigenvalue weighted by molar-refractivity contribution is 5.90. The largest absolute Gasteiger partial charge is 0.492 e. The maximum absolute atomic E-state index is 11.6. The first-order valence-electron chi connectivity index (χ1n) is 12.1. The van der Waals surface area contributed by atoms with Crippen molar-refractivity contribution < 1.29 is 14.3 Å². The summed E-state index contributed by atoms with van der Waals surface area (Å²) in [5.74, 6) is 1.11. The number of carbonyl (C=O) groups excluding carboxylic acids is 1. The topological polar surface area (TPSA) is 153 Å². The Morgan fingerprint density at radius 2 is 1.76 bits per heavy atom. The Kier molecular flexibility index (Phi) is 9.22. The Morgan fingerprint density at radius 1 is 1.00 bits per heavy atom. The van der Waals surface area contributed by atoms with Gasteiger partial charge < -0.3 is 31.6 Å². The average molecular weight is 505 g/mol. The number of hydrogen-bond donors (Lipinski definition) is 4. The number of benzene rings is 2. The predicted molar refractivity (Wildman–Crippen MR) is 142 cm³/mol. The number of amides is 2. The number of aromatic nitrogens is 2. The molecule has 1 aromatic heterocycles. The molecule has 0 bridgehead atoms. The number of anilines is 1. The van der Waals surface area contributed by atoms with Crippen molar-refractivity contribution in [2.75, 3.05) is 44.8 Å². The first-order valence-corrected chi connectivity index (χ1v) is 12.1. The molecule has 2 amide bonds. The summed E-state index contributed by atoms with van der Waals surface area (Å²) in [6.45, 7) is 5.97. The van der Waals surface area contributed by atoms with Crippen LogP contribution in [0.5, 0.6) is 5.75 Å². The minimum Gasteiger partial charge on any atom is -0.492 e. The monoisotopic (exact) mass is 504 g/mol. The summed E-state index contributed by atoms with van der Waals surface area (Å²) in [6.07, 6.45) is 3.52. The molecule has 4 rings (SSSR count). The first-order chi connectivity index (χ1) is 18.0. The molecule has 3 aromatic rings. The van der Waals surface area contributed by atoms with Gasteiger partial charge in [0, 0.05) is 50.7 Å². The minimum atomic E-state index is -0.588. The van der Waals surface area contributed by atoms with Gasteiger partial charge in [-0.15, -0.1) is 0 Å². The highest BCUT2D eigenvalue weighted by atomic mass is 16.5. The van der Waals surface area contributed by atoms with Crippen molar-refractivity contribution in [3.05, 3.63) is 72.1 Å². The van der Waals surface area contributed by atoms with Gasteiger partial charge in [-0.3, -0.25) is 4.90 Å². The molecule has 37 heavy (non-hydrogen) atoms. The Hall–Kier alpha value is -4.22. The first kappa shape index (κ1) is 25.9. The number of morpholine rings is 1. The molecule has 11 heteroatoms. The highest BCUT2D eigenvalue weighted by Gasteiger charge is 2.10. The molecule has 0 aliphatic carbocycles. The average Bonchev–Trinajstić information content (AvgIpc) is 2.92. The molecule has 0 spiro atoms. The standard InChI is InChI=1S/C26H32N8O3/c27-24(28)33-26(35)32-16-20-2-1-3-21(14-20)22-17-30-25(31-18-22)29-15-19-4-6-23(7-5-19)37-13-10-34-8-11-36-12-9-34/h1-7,14,17-18H,8-13,15-16H2,(H,29,30,31)(H5,27,28,32,33,35). The third-order valence-corrected chi connectivity index (χ3v) is 5.74. The number of nitrogens with zero attached hydrogens (tertiary/aromatic N) is 4. The molecule has 0 unspecified atom stereocenters. The second-order valence-electron chi connectivity index (χ2n) is 8.49. The number of hydrogen-bond acceptors (Lipinski definition) is 7. The van der Waals surface area contributed by atoms with Crippen molar-refractivity contribution in [1.82, 2.24) is 20.2 Å². The normalized spacial score (nSPS) is 13.5. The van der Waals surface area contributed by atoms with E-state index in [4.69, 9.17) is 20.9 Å². The lowest BCUT2D eigenvalue weighted by Gasteiger charge is -2.26. The van der Waals surface area contributed by atoms with Crippen molar-refractivity contribution >= 4 is 17.9 Å². The lowest BCUT2D eigenvalue weighted by atomic mass is 10.1.